The Balaban J connectivity index is 2.60. The van der Waals surface area contributed by atoms with Crippen molar-refractivity contribution in [2.75, 3.05) is 18.4 Å². The van der Waals surface area contributed by atoms with Crippen molar-refractivity contribution in [3.8, 4) is 0 Å². The zero-order valence-electron chi connectivity index (χ0n) is 6.67. The average molecular weight is 297 g/mol. The summed E-state index contributed by atoms with van der Waals surface area (Å²) in [5, 5.41) is 0.863. The number of likely N-dealkylation sites (tertiary alicyclic amines) is 1. The molecule has 2 atom stereocenters. The van der Waals surface area contributed by atoms with Crippen LogP contribution in [0.3, 0.4) is 0 Å². The highest BCUT2D eigenvalue weighted by Crippen LogP contribution is 2.26. The van der Waals surface area contributed by atoms with Crippen LogP contribution in [0, 0.1) is 5.92 Å². The van der Waals surface area contributed by atoms with E-state index in [0.717, 1.165) is 11.9 Å². The van der Waals surface area contributed by atoms with Crippen LogP contribution in [0.25, 0.3) is 0 Å². The van der Waals surface area contributed by atoms with Crippen molar-refractivity contribution in [1.29, 1.82) is 0 Å². The van der Waals surface area contributed by atoms with Crippen LogP contribution in [-0.4, -0.2) is 34.1 Å². The summed E-state index contributed by atoms with van der Waals surface area (Å²) in [5.41, 5.74) is 0. The van der Waals surface area contributed by atoms with Crippen molar-refractivity contribution in [3.05, 3.63) is 12.7 Å². The van der Waals surface area contributed by atoms with Crippen LogP contribution in [0.5, 0.6) is 0 Å². The summed E-state index contributed by atoms with van der Waals surface area (Å²) in [6.07, 6.45) is 1.76. The van der Waals surface area contributed by atoms with Crippen molar-refractivity contribution < 1.29 is 4.79 Å². The fourth-order valence-electron chi connectivity index (χ4n) is 1.29. The summed E-state index contributed by atoms with van der Waals surface area (Å²) in [5.74, 6) is 0.566. The molecule has 1 aliphatic rings. The molecule has 4 heteroatoms. The lowest BCUT2D eigenvalue weighted by Crippen LogP contribution is -2.27. The molecule has 1 heterocycles. The molecular weight excluding hydrogens is 286 g/mol. The summed E-state index contributed by atoms with van der Waals surface area (Å²) in [7, 11) is 0. The van der Waals surface area contributed by atoms with E-state index in [4.69, 9.17) is 0 Å². The van der Waals surface area contributed by atoms with Crippen molar-refractivity contribution in [1.82, 2.24) is 4.90 Å². The molecule has 1 amide bonds. The first kappa shape index (κ1) is 10.3. The lowest BCUT2D eigenvalue weighted by Gasteiger charge is -2.12. The molecule has 0 saturated carbocycles. The van der Waals surface area contributed by atoms with Gasteiger partial charge in [-0.2, -0.15) is 0 Å². The van der Waals surface area contributed by atoms with Crippen molar-refractivity contribution in [2.24, 2.45) is 5.92 Å². The van der Waals surface area contributed by atoms with Gasteiger partial charge in [0, 0.05) is 24.3 Å². The zero-order valence-corrected chi connectivity index (χ0v) is 9.84. The highest BCUT2D eigenvalue weighted by atomic mass is 79.9. The second kappa shape index (κ2) is 4.42. The van der Waals surface area contributed by atoms with Crippen LogP contribution in [-0.2, 0) is 4.79 Å². The van der Waals surface area contributed by atoms with E-state index in [1.165, 1.54) is 0 Å². The van der Waals surface area contributed by atoms with Gasteiger partial charge in [0.2, 0.25) is 5.91 Å². The Bertz CT molecular complexity index is 195. The van der Waals surface area contributed by atoms with E-state index in [1.54, 1.807) is 6.08 Å². The van der Waals surface area contributed by atoms with Gasteiger partial charge in [-0.3, -0.25) is 4.79 Å². The highest BCUT2D eigenvalue weighted by Gasteiger charge is 2.36. The van der Waals surface area contributed by atoms with Gasteiger partial charge in [-0.1, -0.05) is 37.9 Å². The summed E-state index contributed by atoms with van der Waals surface area (Å²) in [4.78, 5) is 13.3. The topological polar surface area (TPSA) is 20.3 Å². The quantitative estimate of drug-likeness (QED) is 0.574. The Morgan fingerprint density at radius 3 is 2.83 bits per heavy atom. The molecule has 0 aromatic carbocycles. The van der Waals surface area contributed by atoms with Gasteiger partial charge in [0.05, 0.1) is 4.83 Å². The van der Waals surface area contributed by atoms with E-state index in [1.807, 2.05) is 4.90 Å². The lowest BCUT2D eigenvalue weighted by atomic mass is 10.1. The van der Waals surface area contributed by atoms with Gasteiger partial charge in [-0.15, -0.1) is 6.58 Å². The third-order valence-electron chi connectivity index (χ3n) is 1.96. The predicted molar refractivity (Wildman–Crippen MR) is 56.8 cm³/mol. The van der Waals surface area contributed by atoms with Crippen molar-refractivity contribution >= 4 is 37.8 Å². The van der Waals surface area contributed by atoms with E-state index in [-0.39, 0.29) is 10.7 Å². The normalized spacial score (nSPS) is 29.5. The van der Waals surface area contributed by atoms with Crippen LogP contribution in [0.1, 0.15) is 0 Å². The number of rotatable bonds is 3. The Morgan fingerprint density at radius 1 is 1.75 bits per heavy atom. The largest absolute Gasteiger partial charge is 0.338 e. The maximum Gasteiger partial charge on any atom is 0.237 e. The number of nitrogens with zero attached hydrogens (tertiary/aromatic N) is 1. The molecular formula is C8H11Br2NO. The van der Waals surface area contributed by atoms with Gasteiger partial charge >= 0.3 is 0 Å². The first-order chi connectivity index (χ1) is 5.70. The van der Waals surface area contributed by atoms with Gasteiger partial charge in [0.1, 0.15) is 0 Å². The molecule has 0 N–H and O–H groups in total. The molecule has 68 valence electrons. The first-order valence-electron chi connectivity index (χ1n) is 3.80. The average Bonchev–Trinajstić information content (AvgIpc) is 2.33. The molecule has 0 spiro atoms. The standard InChI is InChI=1S/C8H11Br2NO/c1-2-3-11-5-6(4-9)7(10)8(11)12/h2,6-7H,1,3-5H2. The molecule has 0 aromatic heterocycles. The molecule has 0 bridgehead atoms. The molecule has 1 aliphatic heterocycles. The van der Waals surface area contributed by atoms with Crippen LogP contribution >= 0.6 is 31.9 Å². The highest BCUT2D eigenvalue weighted by molar-refractivity contribution is 9.10. The molecule has 2 unspecified atom stereocenters. The third-order valence-corrected chi connectivity index (χ3v) is 3.94. The summed E-state index contributed by atoms with van der Waals surface area (Å²) in [6.45, 7) is 5.10. The Kier molecular flexibility index (Phi) is 3.77. The Labute approximate surface area is 89.3 Å². The van der Waals surface area contributed by atoms with Crippen LogP contribution in [0.15, 0.2) is 12.7 Å². The van der Waals surface area contributed by atoms with Gasteiger partial charge in [-0.05, 0) is 0 Å². The predicted octanol–water partition coefficient (Wildman–Crippen LogP) is 1.79. The zero-order chi connectivity index (χ0) is 9.14. The molecule has 0 radical (unpaired) electrons. The molecule has 0 aromatic rings. The molecule has 1 saturated heterocycles. The minimum Gasteiger partial charge on any atom is -0.338 e. The third kappa shape index (κ3) is 1.91. The summed E-state index contributed by atoms with van der Waals surface area (Å²) < 4.78 is 0. The fraction of sp³-hybridized carbons (Fsp3) is 0.625. The molecule has 1 rings (SSSR count). The van der Waals surface area contributed by atoms with E-state index in [0.29, 0.717) is 12.5 Å². The lowest BCUT2D eigenvalue weighted by molar-refractivity contribution is -0.126. The maximum absolute atomic E-state index is 11.5. The van der Waals surface area contributed by atoms with Crippen LogP contribution in [0.2, 0.25) is 0 Å². The molecule has 1 fully saturated rings. The van der Waals surface area contributed by atoms with Gasteiger partial charge < -0.3 is 4.90 Å². The SMILES string of the molecule is C=CCN1CC(CBr)C(Br)C1=O. The number of hydrogen-bond acceptors (Lipinski definition) is 1. The van der Waals surface area contributed by atoms with Gasteiger partial charge in [-0.25, -0.2) is 0 Å². The Morgan fingerprint density at radius 2 is 2.42 bits per heavy atom. The maximum atomic E-state index is 11.5. The van der Waals surface area contributed by atoms with E-state index in [9.17, 15) is 4.79 Å². The second-order valence-electron chi connectivity index (χ2n) is 2.85. The minimum absolute atomic E-state index is 0.0168. The number of carbonyl (C=O) groups excluding carboxylic acids is 1. The summed E-state index contributed by atoms with van der Waals surface area (Å²) >= 11 is 6.77. The Hall–Kier alpha value is 0.170. The fourth-order valence-corrected chi connectivity index (χ4v) is 3.01. The van der Waals surface area contributed by atoms with E-state index < -0.39 is 0 Å². The number of hydrogen-bond donors (Lipinski definition) is 0. The smallest absolute Gasteiger partial charge is 0.237 e. The first-order valence-corrected chi connectivity index (χ1v) is 5.84. The van der Waals surface area contributed by atoms with Crippen LogP contribution < -0.4 is 0 Å². The monoisotopic (exact) mass is 295 g/mol. The number of halogens is 2. The number of carbonyl (C=O) groups is 1. The van der Waals surface area contributed by atoms with Gasteiger partial charge in [0.25, 0.3) is 0 Å². The second-order valence-corrected chi connectivity index (χ2v) is 4.48. The van der Waals surface area contributed by atoms with Crippen molar-refractivity contribution in [3.63, 3.8) is 0 Å². The summed E-state index contributed by atoms with van der Waals surface area (Å²) in [6, 6.07) is 0. The molecule has 2 nitrogen and oxygen atoms in total. The number of amides is 1. The van der Waals surface area contributed by atoms with E-state index in [2.05, 4.69) is 38.4 Å². The van der Waals surface area contributed by atoms with Crippen molar-refractivity contribution in [2.45, 2.75) is 4.83 Å². The van der Waals surface area contributed by atoms with Gasteiger partial charge in [0.15, 0.2) is 0 Å². The van der Waals surface area contributed by atoms with Crippen LogP contribution in [0.4, 0.5) is 0 Å². The molecule has 12 heavy (non-hydrogen) atoms. The van der Waals surface area contributed by atoms with E-state index >= 15 is 0 Å². The molecule has 0 aliphatic carbocycles. The minimum atomic E-state index is -0.0168. The number of alkyl halides is 2.